The van der Waals surface area contributed by atoms with E-state index < -0.39 is 0 Å². The number of amides is 1. The molecular weight excluding hydrogens is 224 g/mol. The first-order chi connectivity index (χ1) is 8.77. The lowest BCUT2D eigenvalue weighted by molar-refractivity contribution is -0.131. The summed E-state index contributed by atoms with van der Waals surface area (Å²) in [6, 6.07) is 9.80. The molecular formula is C15H20N2O. The summed E-state index contributed by atoms with van der Waals surface area (Å²) < 4.78 is 0. The minimum atomic E-state index is -0.308. The van der Waals surface area contributed by atoms with Crippen LogP contribution in [0.25, 0.3) is 6.08 Å². The van der Waals surface area contributed by atoms with Crippen LogP contribution in [0.5, 0.6) is 0 Å². The van der Waals surface area contributed by atoms with Gasteiger partial charge >= 0.3 is 0 Å². The highest BCUT2D eigenvalue weighted by molar-refractivity contribution is 5.82. The van der Waals surface area contributed by atoms with Crippen molar-refractivity contribution < 1.29 is 4.79 Å². The van der Waals surface area contributed by atoms with E-state index in [-0.39, 0.29) is 11.9 Å². The molecule has 18 heavy (non-hydrogen) atoms. The topological polar surface area (TPSA) is 46.3 Å². The number of rotatable bonds is 3. The van der Waals surface area contributed by atoms with E-state index in [4.69, 9.17) is 5.73 Å². The van der Waals surface area contributed by atoms with Gasteiger partial charge in [0.25, 0.3) is 0 Å². The van der Waals surface area contributed by atoms with Gasteiger partial charge in [0, 0.05) is 13.1 Å². The molecule has 3 heteroatoms. The van der Waals surface area contributed by atoms with Crippen LogP contribution in [-0.4, -0.2) is 29.9 Å². The average Bonchev–Trinajstić information content (AvgIpc) is 2.55. The van der Waals surface area contributed by atoms with E-state index in [1.807, 2.05) is 47.4 Å². The minimum Gasteiger partial charge on any atom is -0.338 e. The molecule has 3 nitrogen and oxygen atoms in total. The number of carbonyl (C=O) groups is 1. The number of likely N-dealkylation sites (tertiary alicyclic amines) is 1. The van der Waals surface area contributed by atoms with Gasteiger partial charge in [-0.25, -0.2) is 0 Å². The fourth-order valence-corrected chi connectivity index (χ4v) is 2.20. The Labute approximate surface area is 108 Å². The van der Waals surface area contributed by atoms with Crippen molar-refractivity contribution in [2.24, 2.45) is 5.73 Å². The van der Waals surface area contributed by atoms with Gasteiger partial charge in [-0.3, -0.25) is 4.79 Å². The van der Waals surface area contributed by atoms with Crippen molar-refractivity contribution in [3.05, 3.63) is 42.0 Å². The van der Waals surface area contributed by atoms with Gasteiger partial charge in [0.1, 0.15) is 0 Å². The molecule has 1 aromatic rings. The summed E-state index contributed by atoms with van der Waals surface area (Å²) in [6.45, 7) is 1.48. The molecule has 1 aromatic carbocycles. The van der Waals surface area contributed by atoms with E-state index in [1.165, 1.54) is 0 Å². The first-order valence-corrected chi connectivity index (χ1v) is 6.53. The molecule has 1 atom stereocenters. The first-order valence-electron chi connectivity index (χ1n) is 6.53. The Hall–Kier alpha value is -1.61. The molecule has 2 rings (SSSR count). The maximum absolute atomic E-state index is 12.0. The second kappa shape index (κ2) is 6.36. The third-order valence-electron chi connectivity index (χ3n) is 3.26. The predicted octanol–water partition coefficient (Wildman–Crippen LogP) is 2.04. The Balaban J connectivity index is 1.92. The average molecular weight is 244 g/mol. The van der Waals surface area contributed by atoms with Crippen molar-refractivity contribution in [2.75, 3.05) is 13.1 Å². The van der Waals surface area contributed by atoms with Crippen molar-refractivity contribution >= 4 is 12.0 Å². The van der Waals surface area contributed by atoms with Gasteiger partial charge in [0.05, 0.1) is 6.04 Å². The molecule has 1 heterocycles. The van der Waals surface area contributed by atoms with E-state index in [0.717, 1.165) is 31.4 Å². The van der Waals surface area contributed by atoms with Gasteiger partial charge in [0.2, 0.25) is 5.91 Å². The van der Waals surface area contributed by atoms with Crippen LogP contribution in [0.3, 0.4) is 0 Å². The van der Waals surface area contributed by atoms with E-state index in [2.05, 4.69) is 0 Å². The Morgan fingerprint density at radius 3 is 2.83 bits per heavy atom. The van der Waals surface area contributed by atoms with Crippen molar-refractivity contribution in [1.82, 2.24) is 4.90 Å². The zero-order chi connectivity index (χ0) is 12.8. The maximum Gasteiger partial charge on any atom is 0.239 e. The van der Waals surface area contributed by atoms with Crippen LogP contribution < -0.4 is 5.73 Å². The summed E-state index contributed by atoms with van der Waals surface area (Å²) in [5.41, 5.74) is 6.99. The van der Waals surface area contributed by atoms with Crippen molar-refractivity contribution in [1.29, 1.82) is 0 Å². The number of nitrogens with zero attached hydrogens (tertiary/aromatic N) is 1. The summed E-state index contributed by atoms with van der Waals surface area (Å²) in [5, 5.41) is 0. The van der Waals surface area contributed by atoms with Crippen LogP contribution in [0.2, 0.25) is 0 Å². The lowest BCUT2D eigenvalue weighted by Gasteiger charge is -2.20. The standard InChI is InChI=1S/C15H20N2O/c16-14-10-4-5-11-17(15(14)18)12-6-9-13-7-2-1-3-8-13/h1-3,6-9,14H,4-5,10-12,16H2/b9-6+/t14-/m0/s1. The monoisotopic (exact) mass is 244 g/mol. The molecule has 0 radical (unpaired) electrons. The molecule has 96 valence electrons. The lowest BCUT2D eigenvalue weighted by Crippen LogP contribution is -2.42. The summed E-state index contributed by atoms with van der Waals surface area (Å²) in [7, 11) is 0. The number of carbonyl (C=O) groups excluding carboxylic acids is 1. The largest absolute Gasteiger partial charge is 0.338 e. The normalized spacial score (nSPS) is 21.3. The number of benzene rings is 1. The number of hydrogen-bond acceptors (Lipinski definition) is 2. The van der Waals surface area contributed by atoms with Crippen molar-refractivity contribution in [2.45, 2.75) is 25.3 Å². The highest BCUT2D eigenvalue weighted by Crippen LogP contribution is 2.11. The molecule has 1 fully saturated rings. The van der Waals surface area contributed by atoms with Gasteiger partial charge in [-0.2, -0.15) is 0 Å². The molecule has 0 unspecified atom stereocenters. The SMILES string of the molecule is N[C@H]1CCCCN(C/C=C/c2ccccc2)C1=O. The highest BCUT2D eigenvalue weighted by atomic mass is 16.2. The quantitative estimate of drug-likeness (QED) is 0.884. The third-order valence-corrected chi connectivity index (χ3v) is 3.26. The zero-order valence-electron chi connectivity index (χ0n) is 10.6. The Bertz CT molecular complexity index is 414. The van der Waals surface area contributed by atoms with Crippen LogP contribution in [0.15, 0.2) is 36.4 Å². The summed E-state index contributed by atoms with van der Waals surface area (Å²) in [6.07, 6.45) is 7.00. The van der Waals surface area contributed by atoms with Crippen LogP contribution in [0.4, 0.5) is 0 Å². The van der Waals surface area contributed by atoms with Crippen LogP contribution >= 0.6 is 0 Å². The number of nitrogens with two attached hydrogens (primary N) is 1. The molecule has 1 saturated heterocycles. The van der Waals surface area contributed by atoms with E-state index >= 15 is 0 Å². The Morgan fingerprint density at radius 1 is 1.28 bits per heavy atom. The fourth-order valence-electron chi connectivity index (χ4n) is 2.20. The molecule has 1 amide bonds. The molecule has 0 bridgehead atoms. The summed E-state index contributed by atoms with van der Waals surface area (Å²) in [4.78, 5) is 13.8. The van der Waals surface area contributed by atoms with Gasteiger partial charge in [-0.15, -0.1) is 0 Å². The molecule has 2 N–H and O–H groups in total. The van der Waals surface area contributed by atoms with Gasteiger partial charge in [-0.05, 0) is 24.8 Å². The maximum atomic E-state index is 12.0. The van der Waals surface area contributed by atoms with E-state index in [1.54, 1.807) is 0 Å². The van der Waals surface area contributed by atoms with Gasteiger partial charge < -0.3 is 10.6 Å². The summed E-state index contributed by atoms with van der Waals surface area (Å²) in [5.74, 6) is 0.0882. The first kappa shape index (κ1) is 12.8. The predicted molar refractivity (Wildman–Crippen MR) is 73.9 cm³/mol. The molecule has 0 aliphatic carbocycles. The molecule has 0 spiro atoms. The van der Waals surface area contributed by atoms with Gasteiger partial charge in [0.15, 0.2) is 0 Å². The van der Waals surface area contributed by atoms with Crippen LogP contribution in [0, 0.1) is 0 Å². The fraction of sp³-hybridized carbons (Fsp3) is 0.400. The molecule has 0 saturated carbocycles. The molecule has 0 aromatic heterocycles. The number of hydrogen-bond donors (Lipinski definition) is 1. The Kier molecular flexibility index (Phi) is 4.53. The van der Waals surface area contributed by atoms with Gasteiger partial charge in [-0.1, -0.05) is 42.5 Å². The second-order valence-electron chi connectivity index (χ2n) is 4.70. The summed E-state index contributed by atoms with van der Waals surface area (Å²) >= 11 is 0. The van der Waals surface area contributed by atoms with E-state index in [0.29, 0.717) is 6.54 Å². The smallest absolute Gasteiger partial charge is 0.239 e. The highest BCUT2D eigenvalue weighted by Gasteiger charge is 2.22. The zero-order valence-corrected chi connectivity index (χ0v) is 10.6. The second-order valence-corrected chi connectivity index (χ2v) is 4.70. The van der Waals surface area contributed by atoms with Crippen molar-refractivity contribution in [3.63, 3.8) is 0 Å². The third kappa shape index (κ3) is 3.44. The van der Waals surface area contributed by atoms with E-state index in [9.17, 15) is 4.79 Å². The Morgan fingerprint density at radius 2 is 2.06 bits per heavy atom. The van der Waals surface area contributed by atoms with Crippen LogP contribution in [0.1, 0.15) is 24.8 Å². The molecule has 1 aliphatic heterocycles. The molecule has 1 aliphatic rings. The lowest BCUT2D eigenvalue weighted by atomic mass is 10.1. The van der Waals surface area contributed by atoms with Crippen LogP contribution in [-0.2, 0) is 4.79 Å². The van der Waals surface area contributed by atoms with Crippen molar-refractivity contribution in [3.8, 4) is 0 Å². The minimum absolute atomic E-state index is 0.0882.